The fourth-order valence-corrected chi connectivity index (χ4v) is 5.90. The number of halogens is 1. The van der Waals surface area contributed by atoms with E-state index >= 15 is 0 Å². The summed E-state index contributed by atoms with van der Waals surface area (Å²) in [4.78, 5) is 41.7. The third-order valence-electron chi connectivity index (χ3n) is 6.62. The van der Waals surface area contributed by atoms with Crippen LogP contribution in [0.1, 0.15) is 39.0 Å². The summed E-state index contributed by atoms with van der Waals surface area (Å²) in [5.41, 5.74) is 1.13. The van der Waals surface area contributed by atoms with Crippen molar-refractivity contribution >= 4 is 50.5 Å². The smallest absolute Gasteiger partial charge is 0.240 e. The molecule has 0 bridgehead atoms. The maximum absolute atomic E-state index is 13.5. The van der Waals surface area contributed by atoms with Crippen LogP contribution in [0.4, 0.5) is 15.8 Å². The summed E-state index contributed by atoms with van der Waals surface area (Å²) in [6.45, 7) is 1.25. The highest BCUT2D eigenvalue weighted by Gasteiger charge is 2.29. The Morgan fingerprint density at radius 3 is 2.22 bits per heavy atom. The van der Waals surface area contributed by atoms with Gasteiger partial charge in [0.1, 0.15) is 23.1 Å². The molecule has 1 saturated carbocycles. The second-order valence-electron chi connectivity index (χ2n) is 9.44. The Labute approximate surface area is 218 Å². The summed E-state index contributed by atoms with van der Waals surface area (Å²) in [6.07, 6.45) is 4.72. The Morgan fingerprint density at radius 2 is 1.51 bits per heavy atom. The third kappa shape index (κ3) is 6.68. The Balaban J connectivity index is 1.52. The molecule has 1 aliphatic rings. The summed E-state index contributed by atoms with van der Waals surface area (Å²) in [7, 11) is -1.79. The van der Waals surface area contributed by atoms with Gasteiger partial charge in [0.15, 0.2) is 0 Å². The zero-order chi connectivity index (χ0) is 26.4. The zero-order valence-electron chi connectivity index (χ0n) is 20.9. The zero-order valence-corrected chi connectivity index (χ0v) is 21.7. The first-order chi connectivity index (χ1) is 17.8. The molecule has 0 aliphatic heterocycles. The molecule has 0 saturated heterocycles. The normalized spacial score (nSPS) is 14.8. The van der Waals surface area contributed by atoms with Crippen LogP contribution in [0.3, 0.4) is 0 Å². The minimum Gasteiger partial charge on any atom is -0.309 e. The summed E-state index contributed by atoms with van der Waals surface area (Å²) in [5.74, 6) is -2.15. The number of hydrogen-bond donors (Lipinski definition) is 0. The number of hydrogen-bond acceptors (Lipinski definition) is 4. The van der Waals surface area contributed by atoms with Gasteiger partial charge in [0.25, 0.3) is 0 Å². The van der Waals surface area contributed by atoms with Gasteiger partial charge in [0, 0.05) is 27.9 Å². The predicted octanol–water partition coefficient (Wildman–Crippen LogP) is 5.02. The van der Waals surface area contributed by atoms with E-state index < -0.39 is 22.5 Å². The third-order valence-corrected chi connectivity index (χ3v) is 7.76. The van der Waals surface area contributed by atoms with Crippen molar-refractivity contribution in [2.45, 2.75) is 45.1 Å². The van der Waals surface area contributed by atoms with Crippen LogP contribution in [0.5, 0.6) is 0 Å². The van der Waals surface area contributed by atoms with Gasteiger partial charge in [-0.05, 0) is 55.5 Å². The first-order valence-electron chi connectivity index (χ1n) is 12.5. The topological polar surface area (TPSA) is 74.8 Å². The minimum absolute atomic E-state index is 0.0516. The Morgan fingerprint density at radius 1 is 0.865 bits per heavy atom. The van der Waals surface area contributed by atoms with E-state index in [0.717, 1.165) is 42.9 Å². The van der Waals surface area contributed by atoms with Crippen molar-refractivity contribution in [2.24, 2.45) is 0 Å². The van der Waals surface area contributed by atoms with Crippen LogP contribution in [-0.4, -0.2) is 45.9 Å². The van der Waals surface area contributed by atoms with Crippen LogP contribution in [-0.2, 0) is 25.2 Å². The Hall–Kier alpha value is -3.39. The lowest BCUT2D eigenvalue weighted by Crippen LogP contribution is -2.45. The Kier molecular flexibility index (Phi) is 8.82. The molecule has 1 atom stereocenters. The second-order valence-corrected chi connectivity index (χ2v) is 10.9. The Bertz CT molecular complexity index is 1300. The number of carbonyl (C=O) groups is 3. The van der Waals surface area contributed by atoms with Crippen LogP contribution in [0.2, 0.25) is 0 Å². The highest BCUT2D eigenvalue weighted by Crippen LogP contribution is 2.29. The van der Waals surface area contributed by atoms with Gasteiger partial charge in [-0.2, -0.15) is 0 Å². The predicted molar refractivity (Wildman–Crippen MR) is 146 cm³/mol. The molecule has 2 amide bonds. The molecule has 0 aromatic heterocycles. The molecule has 0 spiro atoms. The molecule has 0 N–H and O–H groups in total. The lowest BCUT2D eigenvalue weighted by Gasteiger charge is -2.34. The highest BCUT2D eigenvalue weighted by molar-refractivity contribution is 7.86. The van der Waals surface area contributed by atoms with Gasteiger partial charge in [-0.3, -0.25) is 18.6 Å². The number of carbonyl (C=O) groups excluding carboxylic acids is 3. The van der Waals surface area contributed by atoms with Gasteiger partial charge in [-0.25, -0.2) is 4.39 Å². The van der Waals surface area contributed by atoms with Crippen LogP contribution in [0.25, 0.3) is 10.8 Å². The van der Waals surface area contributed by atoms with Gasteiger partial charge < -0.3 is 9.80 Å². The maximum Gasteiger partial charge on any atom is 0.240 e. The quantitative estimate of drug-likeness (QED) is 0.396. The lowest BCUT2D eigenvalue weighted by molar-refractivity contribution is -0.120. The molecule has 0 heterocycles. The number of Topliss-reactive ketones (excluding diaryl/α,β-unsaturated/α-hetero) is 1. The first-order valence-corrected chi connectivity index (χ1v) is 14.0. The van der Waals surface area contributed by atoms with E-state index in [2.05, 4.69) is 0 Å². The molecule has 8 heteroatoms. The summed E-state index contributed by atoms with van der Waals surface area (Å²) in [6, 6.07) is 18.7. The monoisotopic (exact) mass is 522 g/mol. The second kappa shape index (κ2) is 12.2. The molecule has 6 nitrogen and oxygen atoms in total. The van der Waals surface area contributed by atoms with Gasteiger partial charge in [0.05, 0.1) is 12.2 Å². The molecule has 1 aliphatic carbocycles. The number of benzene rings is 3. The average Bonchev–Trinajstić information content (AvgIpc) is 2.88. The van der Waals surface area contributed by atoms with E-state index in [1.807, 2.05) is 36.4 Å². The van der Waals surface area contributed by atoms with Crippen LogP contribution in [0.15, 0.2) is 66.7 Å². The SMILES string of the molecule is CC(=O)CN(C(=O)CS(=O)CC(=O)N(c1ccc(F)cc1)C1CCCCC1)c1cccc2ccccc12. The average molecular weight is 523 g/mol. The van der Waals surface area contributed by atoms with Crippen molar-refractivity contribution in [3.05, 3.63) is 72.5 Å². The summed E-state index contributed by atoms with van der Waals surface area (Å²) < 4.78 is 26.6. The van der Waals surface area contributed by atoms with Crippen molar-refractivity contribution in [3.63, 3.8) is 0 Å². The molecular weight excluding hydrogens is 491 g/mol. The van der Waals surface area contributed by atoms with Crippen LogP contribution >= 0.6 is 0 Å². The molecular formula is C29H31FN2O4S. The van der Waals surface area contributed by atoms with Crippen LogP contribution < -0.4 is 9.80 Å². The molecule has 1 unspecified atom stereocenters. The van der Waals surface area contributed by atoms with E-state index in [9.17, 15) is 23.0 Å². The van der Waals surface area contributed by atoms with Gasteiger partial charge in [-0.15, -0.1) is 0 Å². The molecule has 0 radical (unpaired) electrons. The van der Waals surface area contributed by atoms with E-state index in [-0.39, 0.29) is 35.8 Å². The van der Waals surface area contributed by atoms with E-state index in [0.29, 0.717) is 11.4 Å². The fraction of sp³-hybridized carbons (Fsp3) is 0.345. The molecule has 3 aromatic carbocycles. The van der Waals surface area contributed by atoms with E-state index in [1.165, 1.54) is 24.0 Å². The molecule has 4 rings (SSSR count). The molecule has 1 fully saturated rings. The molecule has 194 valence electrons. The minimum atomic E-state index is -1.79. The van der Waals surface area contributed by atoms with Crippen molar-refractivity contribution in [1.82, 2.24) is 0 Å². The first kappa shape index (κ1) is 26.7. The maximum atomic E-state index is 13.5. The van der Waals surface area contributed by atoms with E-state index in [4.69, 9.17) is 0 Å². The van der Waals surface area contributed by atoms with Crippen molar-refractivity contribution in [3.8, 4) is 0 Å². The van der Waals surface area contributed by atoms with Gasteiger partial charge in [-0.1, -0.05) is 55.7 Å². The lowest BCUT2D eigenvalue weighted by atomic mass is 9.93. The van der Waals surface area contributed by atoms with Crippen molar-refractivity contribution in [2.75, 3.05) is 27.9 Å². The van der Waals surface area contributed by atoms with Crippen LogP contribution in [0, 0.1) is 5.82 Å². The number of rotatable bonds is 9. The van der Waals surface area contributed by atoms with Gasteiger partial charge >= 0.3 is 0 Å². The highest BCUT2D eigenvalue weighted by atomic mass is 32.2. The van der Waals surface area contributed by atoms with Gasteiger partial charge in [0.2, 0.25) is 11.8 Å². The van der Waals surface area contributed by atoms with Crippen molar-refractivity contribution in [1.29, 1.82) is 0 Å². The summed E-state index contributed by atoms with van der Waals surface area (Å²) in [5, 5.41) is 1.72. The number of anilines is 2. The number of fused-ring (bicyclic) bond motifs is 1. The number of ketones is 1. The number of amides is 2. The fourth-order valence-electron chi connectivity index (χ4n) is 4.95. The standard InChI is InChI=1S/C29H31FN2O4S/c1-21(33)18-31(27-13-7-9-22-8-5-6-12-26(22)27)28(34)19-37(36)20-29(35)32(24-10-3-2-4-11-24)25-16-14-23(30)15-17-25/h5-9,12-17,24H,2-4,10-11,18-20H2,1H3. The number of nitrogens with zero attached hydrogens (tertiary/aromatic N) is 2. The summed E-state index contributed by atoms with van der Waals surface area (Å²) >= 11 is 0. The van der Waals surface area contributed by atoms with E-state index in [1.54, 1.807) is 23.1 Å². The largest absolute Gasteiger partial charge is 0.309 e. The van der Waals surface area contributed by atoms with Crippen molar-refractivity contribution < 1.29 is 23.0 Å². The molecule has 3 aromatic rings. The molecule has 37 heavy (non-hydrogen) atoms.